The lowest BCUT2D eigenvalue weighted by Gasteiger charge is -2.27. The molecule has 0 atom stereocenters. The normalized spacial score (nSPS) is 13.4. The summed E-state index contributed by atoms with van der Waals surface area (Å²) in [7, 11) is 1.65. The molecule has 2 aromatic carbocycles. The van der Waals surface area contributed by atoms with Gasteiger partial charge in [-0.2, -0.15) is 0 Å². The molecule has 0 bridgehead atoms. The van der Waals surface area contributed by atoms with E-state index in [1.807, 2.05) is 18.2 Å². The average molecular weight is 460 g/mol. The Morgan fingerprint density at radius 2 is 2.03 bits per heavy atom. The Hall–Kier alpha value is -4.07. The number of aromatic carboxylic acids is 1. The Bertz CT molecular complexity index is 1330. The zero-order valence-electron chi connectivity index (χ0n) is 18.8. The zero-order chi connectivity index (χ0) is 23.5. The molecule has 5 rings (SSSR count). The van der Waals surface area contributed by atoms with E-state index in [4.69, 9.17) is 13.9 Å². The topological polar surface area (TPSA) is 107 Å². The number of benzene rings is 2. The number of methoxy groups -OCH3 is 1. The van der Waals surface area contributed by atoms with Crippen molar-refractivity contribution in [1.82, 2.24) is 9.97 Å². The number of hydrogen-bond donors (Lipinski definition) is 2. The molecule has 0 unspecified atom stereocenters. The van der Waals surface area contributed by atoms with E-state index in [1.54, 1.807) is 31.6 Å². The fraction of sp³-hybridized carbons (Fsp3) is 0.269. The van der Waals surface area contributed by atoms with E-state index in [2.05, 4.69) is 21.4 Å². The van der Waals surface area contributed by atoms with Crippen molar-refractivity contribution in [3.8, 4) is 22.8 Å². The number of rotatable bonds is 9. The summed E-state index contributed by atoms with van der Waals surface area (Å²) in [6, 6.07) is 12.8. The molecule has 0 saturated heterocycles. The largest absolute Gasteiger partial charge is 0.496 e. The van der Waals surface area contributed by atoms with Crippen LogP contribution in [0.3, 0.4) is 0 Å². The van der Waals surface area contributed by atoms with Crippen molar-refractivity contribution in [1.29, 1.82) is 0 Å². The van der Waals surface area contributed by atoms with E-state index >= 15 is 0 Å². The lowest BCUT2D eigenvalue weighted by Crippen LogP contribution is -2.25. The predicted molar refractivity (Wildman–Crippen MR) is 128 cm³/mol. The minimum atomic E-state index is -1.00. The van der Waals surface area contributed by atoms with Crippen LogP contribution in [0.2, 0.25) is 0 Å². The molecule has 0 spiro atoms. The molecule has 2 N–H and O–H groups in total. The number of anilines is 1. The smallest absolute Gasteiger partial charge is 0.339 e. The molecular formula is C26H25N3O5. The first-order valence-corrected chi connectivity index (χ1v) is 11.2. The minimum absolute atomic E-state index is 0.0780. The summed E-state index contributed by atoms with van der Waals surface area (Å²) in [4.78, 5) is 20.3. The maximum absolute atomic E-state index is 11.6. The van der Waals surface area contributed by atoms with Gasteiger partial charge in [-0.1, -0.05) is 6.07 Å². The van der Waals surface area contributed by atoms with Gasteiger partial charge in [-0.05, 0) is 55.5 Å². The third-order valence-electron chi connectivity index (χ3n) is 6.08. The third kappa shape index (κ3) is 4.52. The van der Waals surface area contributed by atoms with Crippen molar-refractivity contribution in [2.45, 2.75) is 31.8 Å². The first kappa shape index (κ1) is 21.8. The van der Waals surface area contributed by atoms with E-state index in [0.29, 0.717) is 23.8 Å². The fourth-order valence-corrected chi connectivity index (χ4v) is 3.98. The van der Waals surface area contributed by atoms with Gasteiger partial charge in [0.15, 0.2) is 0 Å². The van der Waals surface area contributed by atoms with Crippen molar-refractivity contribution in [3.63, 3.8) is 0 Å². The molecule has 0 aliphatic heterocycles. The van der Waals surface area contributed by atoms with Crippen LogP contribution in [-0.2, 0) is 6.42 Å². The number of carboxylic acids is 1. The quantitative estimate of drug-likeness (QED) is 0.352. The van der Waals surface area contributed by atoms with E-state index < -0.39 is 5.97 Å². The van der Waals surface area contributed by atoms with Gasteiger partial charge < -0.3 is 24.3 Å². The second kappa shape index (κ2) is 9.43. The van der Waals surface area contributed by atoms with Crippen LogP contribution < -0.4 is 14.8 Å². The highest BCUT2D eigenvalue weighted by molar-refractivity contribution is 5.92. The highest BCUT2D eigenvalue weighted by Gasteiger charge is 2.22. The number of hydrogen-bond acceptors (Lipinski definition) is 7. The van der Waals surface area contributed by atoms with Crippen LogP contribution in [0.4, 0.5) is 5.82 Å². The van der Waals surface area contributed by atoms with Crippen molar-refractivity contribution in [2.75, 3.05) is 19.0 Å². The van der Waals surface area contributed by atoms with Crippen LogP contribution in [-0.4, -0.2) is 40.8 Å². The lowest BCUT2D eigenvalue weighted by atomic mass is 9.96. The number of ether oxygens (including phenoxy) is 2. The number of carbonyl (C=O) groups is 1. The van der Waals surface area contributed by atoms with E-state index in [9.17, 15) is 9.90 Å². The number of fused-ring (bicyclic) bond motifs is 1. The predicted octanol–water partition coefficient (Wildman–Crippen LogP) is 5.18. The number of nitrogens with zero attached hydrogens (tertiary/aromatic N) is 2. The molecule has 2 aromatic heterocycles. The molecule has 8 nitrogen and oxygen atoms in total. The number of nitrogens with one attached hydrogen (secondary N) is 1. The number of aromatic nitrogens is 2. The molecule has 1 fully saturated rings. The van der Waals surface area contributed by atoms with Gasteiger partial charge in [0, 0.05) is 29.6 Å². The van der Waals surface area contributed by atoms with Crippen molar-refractivity contribution in [2.24, 2.45) is 0 Å². The average Bonchev–Trinajstić information content (AvgIpc) is 3.28. The summed E-state index contributed by atoms with van der Waals surface area (Å²) < 4.78 is 16.9. The molecule has 1 saturated carbocycles. The minimum Gasteiger partial charge on any atom is -0.496 e. The van der Waals surface area contributed by atoms with Crippen LogP contribution in [0.1, 0.15) is 35.2 Å². The molecule has 0 amide bonds. The summed E-state index contributed by atoms with van der Waals surface area (Å²) in [6.45, 7) is 0.643. The molecule has 2 heterocycles. The SMILES string of the molecule is COc1cc2occc2cc1CCNc1cc(-c2ccc(C(=O)O)c(OC3CCC3)c2)ncn1. The molecule has 1 aliphatic rings. The molecule has 174 valence electrons. The van der Waals surface area contributed by atoms with E-state index in [0.717, 1.165) is 53.5 Å². The number of furan rings is 1. The summed E-state index contributed by atoms with van der Waals surface area (Å²) in [5.74, 6) is 0.835. The van der Waals surface area contributed by atoms with Crippen LogP contribution in [0.5, 0.6) is 11.5 Å². The first-order chi connectivity index (χ1) is 16.6. The molecule has 4 aromatic rings. The monoisotopic (exact) mass is 459 g/mol. The summed E-state index contributed by atoms with van der Waals surface area (Å²) in [5, 5.41) is 13.9. The van der Waals surface area contributed by atoms with Gasteiger partial charge in [0.05, 0.1) is 25.2 Å². The van der Waals surface area contributed by atoms with Crippen LogP contribution in [0.25, 0.3) is 22.2 Å². The maximum atomic E-state index is 11.6. The highest BCUT2D eigenvalue weighted by Crippen LogP contribution is 2.32. The fourth-order valence-electron chi connectivity index (χ4n) is 3.98. The highest BCUT2D eigenvalue weighted by atomic mass is 16.5. The van der Waals surface area contributed by atoms with E-state index in [1.165, 1.54) is 6.33 Å². The molecule has 1 aliphatic carbocycles. The maximum Gasteiger partial charge on any atom is 0.339 e. The zero-order valence-corrected chi connectivity index (χ0v) is 18.8. The van der Waals surface area contributed by atoms with Crippen molar-refractivity contribution in [3.05, 3.63) is 66.2 Å². The standard InChI is InChI=1S/C26H25N3O5/c1-32-22-14-23-18(8-10-33-23)11-17(22)7-9-27-25-13-21(28-15-29-25)16-5-6-20(26(30)31)24(12-16)34-19-3-2-4-19/h5-6,8,10-15,19H,2-4,7,9H2,1H3,(H,30,31)(H,27,28,29). The van der Waals surface area contributed by atoms with Gasteiger partial charge in [0.2, 0.25) is 0 Å². The van der Waals surface area contributed by atoms with Crippen molar-refractivity contribution >= 4 is 22.8 Å². The second-order valence-corrected chi connectivity index (χ2v) is 8.27. The summed E-state index contributed by atoms with van der Waals surface area (Å²) in [5.41, 5.74) is 3.48. The van der Waals surface area contributed by atoms with Gasteiger partial charge in [0.1, 0.15) is 34.8 Å². The first-order valence-electron chi connectivity index (χ1n) is 11.2. The molecular weight excluding hydrogens is 434 g/mol. The Morgan fingerprint density at radius 1 is 1.15 bits per heavy atom. The Kier molecular flexibility index (Phi) is 6.03. The van der Waals surface area contributed by atoms with Gasteiger partial charge >= 0.3 is 5.97 Å². The molecule has 8 heteroatoms. The Balaban J connectivity index is 1.31. The van der Waals surface area contributed by atoms with Gasteiger partial charge in [-0.3, -0.25) is 0 Å². The Morgan fingerprint density at radius 3 is 2.79 bits per heavy atom. The van der Waals surface area contributed by atoms with Gasteiger partial charge in [-0.25, -0.2) is 14.8 Å². The van der Waals surface area contributed by atoms with Gasteiger partial charge in [-0.15, -0.1) is 0 Å². The number of carboxylic acid groups (broad SMARTS) is 1. The lowest BCUT2D eigenvalue weighted by molar-refractivity contribution is 0.0680. The van der Waals surface area contributed by atoms with Crippen molar-refractivity contribution < 1.29 is 23.8 Å². The summed E-state index contributed by atoms with van der Waals surface area (Å²) >= 11 is 0. The van der Waals surface area contributed by atoms with Gasteiger partial charge in [0.25, 0.3) is 0 Å². The third-order valence-corrected chi connectivity index (χ3v) is 6.08. The summed E-state index contributed by atoms with van der Waals surface area (Å²) in [6.07, 6.45) is 6.97. The van der Waals surface area contributed by atoms with Crippen LogP contribution in [0.15, 0.2) is 59.5 Å². The molecule has 0 radical (unpaired) electrons. The molecule has 34 heavy (non-hydrogen) atoms. The van der Waals surface area contributed by atoms with Crippen LogP contribution in [0, 0.1) is 0 Å². The van der Waals surface area contributed by atoms with E-state index in [-0.39, 0.29) is 11.7 Å². The second-order valence-electron chi connectivity index (χ2n) is 8.27. The Labute approximate surface area is 196 Å². The van der Waals surface area contributed by atoms with Crippen LogP contribution >= 0.6 is 0 Å².